The second kappa shape index (κ2) is 7.37. The number of esters is 1. The van der Waals surface area contributed by atoms with Crippen LogP contribution in [0, 0.1) is 0 Å². The second-order valence-corrected chi connectivity index (χ2v) is 5.01. The van der Waals surface area contributed by atoms with Gasteiger partial charge in [0.15, 0.2) is 0 Å². The maximum atomic E-state index is 11.8. The van der Waals surface area contributed by atoms with E-state index < -0.39 is 5.97 Å². The number of hydrogen-bond acceptors (Lipinski definition) is 5. The number of nitrogens with zero attached hydrogens (tertiary/aromatic N) is 2. The summed E-state index contributed by atoms with van der Waals surface area (Å²) in [6.07, 6.45) is 1.73. The van der Waals surface area contributed by atoms with Crippen molar-refractivity contribution < 1.29 is 14.3 Å². The molecule has 0 unspecified atom stereocenters. The summed E-state index contributed by atoms with van der Waals surface area (Å²) in [4.78, 5) is 20.6. The zero-order chi connectivity index (χ0) is 16.8. The summed E-state index contributed by atoms with van der Waals surface area (Å²) in [5.41, 5.74) is 2.71. The maximum Gasteiger partial charge on any atom is 0.341 e. The number of hydrogen-bond donors (Lipinski definition) is 0. The van der Waals surface area contributed by atoms with Crippen molar-refractivity contribution in [3.05, 3.63) is 78.1 Å². The van der Waals surface area contributed by atoms with E-state index in [1.165, 1.54) is 7.11 Å². The van der Waals surface area contributed by atoms with E-state index in [9.17, 15) is 4.79 Å². The van der Waals surface area contributed by atoms with E-state index in [-0.39, 0.29) is 6.61 Å². The molecule has 120 valence electrons. The standard InChI is InChI=1S/C19H16N2O3/c1-23-19(22)15-8-2-3-11-18(15)24-13-14-7-6-10-17(21-14)16-9-4-5-12-20-16/h2-12H,13H2,1H3. The predicted molar refractivity (Wildman–Crippen MR) is 89.6 cm³/mol. The van der Waals surface area contributed by atoms with Gasteiger partial charge >= 0.3 is 5.97 Å². The van der Waals surface area contributed by atoms with Crippen molar-refractivity contribution >= 4 is 5.97 Å². The molecule has 1 aromatic carbocycles. The second-order valence-electron chi connectivity index (χ2n) is 5.01. The van der Waals surface area contributed by atoms with Gasteiger partial charge in [-0.15, -0.1) is 0 Å². The van der Waals surface area contributed by atoms with E-state index in [0.717, 1.165) is 17.1 Å². The maximum absolute atomic E-state index is 11.8. The van der Waals surface area contributed by atoms with Gasteiger partial charge in [-0.25, -0.2) is 9.78 Å². The molecule has 5 heteroatoms. The van der Waals surface area contributed by atoms with Crippen molar-refractivity contribution in [2.75, 3.05) is 7.11 Å². The molecule has 0 aliphatic heterocycles. The van der Waals surface area contributed by atoms with Crippen LogP contribution < -0.4 is 4.74 Å². The molecule has 3 aromatic rings. The fourth-order valence-corrected chi connectivity index (χ4v) is 2.24. The zero-order valence-electron chi connectivity index (χ0n) is 13.2. The number of methoxy groups -OCH3 is 1. The van der Waals surface area contributed by atoms with Crippen molar-refractivity contribution in [2.45, 2.75) is 6.61 Å². The lowest BCUT2D eigenvalue weighted by atomic mass is 10.2. The first-order chi connectivity index (χ1) is 11.8. The van der Waals surface area contributed by atoms with Gasteiger partial charge in [0.25, 0.3) is 0 Å². The molecule has 0 radical (unpaired) electrons. The van der Waals surface area contributed by atoms with Crippen LogP contribution in [0.4, 0.5) is 0 Å². The number of rotatable bonds is 5. The number of benzene rings is 1. The number of para-hydroxylation sites is 1. The number of carbonyl (C=O) groups excluding carboxylic acids is 1. The minimum atomic E-state index is -0.430. The van der Waals surface area contributed by atoms with Gasteiger partial charge in [0, 0.05) is 6.20 Å². The molecule has 24 heavy (non-hydrogen) atoms. The molecule has 0 aliphatic carbocycles. The Hall–Kier alpha value is -3.21. The van der Waals surface area contributed by atoms with Crippen LogP contribution in [0.2, 0.25) is 0 Å². The highest BCUT2D eigenvalue weighted by Crippen LogP contribution is 2.20. The molecule has 2 heterocycles. The van der Waals surface area contributed by atoms with Gasteiger partial charge in [-0.2, -0.15) is 0 Å². The Labute approximate surface area is 139 Å². The number of pyridine rings is 2. The number of ether oxygens (including phenoxy) is 2. The predicted octanol–water partition coefficient (Wildman–Crippen LogP) is 3.51. The van der Waals surface area contributed by atoms with E-state index >= 15 is 0 Å². The Morgan fingerprint density at radius 3 is 2.54 bits per heavy atom. The largest absolute Gasteiger partial charge is 0.486 e. The first kappa shape index (κ1) is 15.7. The average Bonchev–Trinajstić information content (AvgIpc) is 2.67. The minimum Gasteiger partial charge on any atom is -0.486 e. The van der Waals surface area contributed by atoms with Gasteiger partial charge in [-0.3, -0.25) is 4.98 Å². The molecular weight excluding hydrogens is 304 g/mol. The molecular formula is C19H16N2O3. The Morgan fingerprint density at radius 2 is 1.75 bits per heavy atom. The Kier molecular flexibility index (Phi) is 4.81. The van der Waals surface area contributed by atoms with Crippen molar-refractivity contribution in [1.29, 1.82) is 0 Å². The molecule has 0 fully saturated rings. The average molecular weight is 320 g/mol. The molecule has 0 bridgehead atoms. The van der Waals surface area contributed by atoms with Crippen LogP contribution in [-0.2, 0) is 11.3 Å². The molecule has 0 aliphatic rings. The highest BCUT2D eigenvalue weighted by Gasteiger charge is 2.12. The van der Waals surface area contributed by atoms with Crippen LogP contribution in [-0.4, -0.2) is 23.0 Å². The van der Waals surface area contributed by atoms with E-state index in [1.807, 2.05) is 36.4 Å². The summed E-state index contributed by atoms with van der Waals surface area (Å²) in [5, 5.41) is 0. The van der Waals surface area contributed by atoms with Crippen LogP contribution in [0.3, 0.4) is 0 Å². The monoisotopic (exact) mass is 320 g/mol. The highest BCUT2D eigenvalue weighted by molar-refractivity contribution is 5.92. The molecule has 0 saturated carbocycles. The Bertz CT molecular complexity index is 835. The third-order valence-electron chi connectivity index (χ3n) is 3.40. The topological polar surface area (TPSA) is 61.3 Å². The smallest absolute Gasteiger partial charge is 0.341 e. The first-order valence-corrected chi connectivity index (χ1v) is 7.45. The minimum absolute atomic E-state index is 0.245. The summed E-state index contributed by atoms with van der Waals surface area (Å²) in [5.74, 6) is 0.0372. The molecule has 2 aromatic heterocycles. The van der Waals surface area contributed by atoms with Crippen molar-refractivity contribution in [2.24, 2.45) is 0 Å². The summed E-state index contributed by atoms with van der Waals surface area (Å²) < 4.78 is 10.5. The molecule has 5 nitrogen and oxygen atoms in total. The molecule has 0 atom stereocenters. The quantitative estimate of drug-likeness (QED) is 0.673. The summed E-state index contributed by atoms with van der Waals surface area (Å²) in [6, 6.07) is 18.3. The Balaban J connectivity index is 1.78. The van der Waals surface area contributed by atoms with Gasteiger partial charge < -0.3 is 9.47 Å². The van der Waals surface area contributed by atoms with Crippen LogP contribution in [0.5, 0.6) is 5.75 Å². The van der Waals surface area contributed by atoms with Crippen LogP contribution in [0.1, 0.15) is 16.1 Å². The fraction of sp³-hybridized carbons (Fsp3) is 0.105. The van der Waals surface area contributed by atoms with Gasteiger partial charge in [0.05, 0.1) is 24.2 Å². The van der Waals surface area contributed by atoms with Crippen LogP contribution in [0.25, 0.3) is 11.4 Å². The third kappa shape index (κ3) is 3.57. The van der Waals surface area contributed by atoms with Crippen LogP contribution >= 0.6 is 0 Å². The van der Waals surface area contributed by atoms with Crippen molar-refractivity contribution in [3.63, 3.8) is 0 Å². The van der Waals surface area contributed by atoms with Gasteiger partial charge in [0.1, 0.15) is 17.9 Å². The zero-order valence-corrected chi connectivity index (χ0v) is 13.2. The lowest BCUT2D eigenvalue weighted by molar-refractivity contribution is 0.0595. The highest BCUT2D eigenvalue weighted by atomic mass is 16.5. The molecule has 0 N–H and O–H groups in total. The molecule has 0 spiro atoms. The van der Waals surface area contributed by atoms with Crippen molar-refractivity contribution in [3.8, 4) is 17.1 Å². The molecule has 0 amide bonds. The van der Waals surface area contributed by atoms with Crippen molar-refractivity contribution in [1.82, 2.24) is 9.97 Å². The van der Waals surface area contributed by atoms with E-state index in [1.54, 1.807) is 30.5 Å². The fourth-order valence-electron chi connectivity index (χ4n) is 2.24. The summed E-state index contributed by atoms with van der Waals surface area (Å²) in [7, 11) is 1.34. The molecule has 0 saturated heterocycles. The Morgan fingerprint density at radius 1 is 0.958 bits per heavy atom. The third-order valence-corrected chi connectivity index (χ3v) is 3.40. The van der Waals surface area contributed by atoms with Gasteiger partial charge in [0.2, 0.25) is 0 Å². The van der Waals surface area contributed by atoms with Gasteiger partial charge in [-0.05, 0) is 36.4 Å². The normalized spacial score (nSPS) is 10.2. The summed E-state index contributed by atoms with van der Waals surface area (Å²) in [6.45, 7) is 0.245. The first-order valence-electron chi connectivity index (χ1n) is 7.45. The summed E-state index contributed by atoms with van der Waals surface area (Å²) >= 11 is 0. The number of aromatic nitrogens is 2. The number of carbonyl (C=O) groups is 1. The molecule has 3 rings (SSSR count). The SMILES string of the molecule is COC(=O)c1ccccc1OCc1cccc(-c2ccccn2)n1. The van der Waals surface area contributed by atoms with E-state index in [2.05, 4.69) is 9.97 Å². The van der Waals surface area contributed by atoms with E-state index in [4.69, 9.17) is 9.47 Å². The van der Waals surface area contributed by atoms with Gasteiger partial charge in [-0.1, -0.05) is 24.3 Å². The van der Waals surface area contributed by atoms with Crippen LogP contribution in [0.15, 0.2) is 66.9 Å². The lowest BCUT2D eigenvalue weighted by Crippen LogP contribution is -2.06. The lowest BCUT2D eigenvalue weighted by Gasteiger charge is -2.10. The van der Waals surface area contributed by atoms with E-state index in [0.29, 0.717) is 11.3 Å².